The first-order chi connectivity index (χ1) is 11.2. The second-order valence-electron chi connectivity index (χ2n) is 6.99. The van der Waals surface area contributed by atoms with Crippen LogP contribution in [0.25, 0.3) is 0 Å². The number of azo groups is 1. The van der Waals surface area contributed by atoms with Gasteiger partial charge in [0.1, 0.15) is 0 Å². The van der Waals surface area contributed by atoms with Gasteiger partial charge in [0.05, 0.1) is 11.7 Å². The summed E-state index contributed by atoms with van der Waals surface area (Å²) in [5, 5.41) is 6.14. The second-order valence-corrected chi connectivity index (χ2v) is 10.7. The molecule has 0 aromatic carbocycles. The number of rotatable bonds is 4. The van der Waals surface area contributed by atoms with E-state index in [0.29, 0.717) is 19.3 Å². The minimum Gasteiger partial charge on any atom is -0.324 e. The summed E-state index contributed by atoms with van der Waals surface area (Å²) in [5.41, 5.74) is -1.47. The van der Waals surface area contributed by atoms with Crippen LogP contribution < -0.4 is 0 Å². The number of nitrogens with zero attached hydrogens (tertiary/aromatic N) is 2. The summed E-state index contributed by atoms with van der Waals surface area (Å²) < 4.78 is 24.2. The van der Waals surface area contributed by atoms with Gasteiger partial charge in [-0.2, -0.15) is 10.2 Å². The fourth-order valence-electron chi connectivity index (χ4n) is 3.80. The Morgan fingerprint density at radius 3 is 1.88 bits per heavy atom. The molecule has 2 aliphatic carbocycles. The molecule has 8 nitrogen and oxygen atoms in total. The van der Waals surface area contributed by atoms with Crippen molar-refractivity contribution in [3.8, 4) is 0 Å². The SMILES string of the molecule is O=P(O)(O)C1CCCCCC1(N=NC1CCCCCC1)P(=O)(O)O. The number of hydrogen-bond acceptors (Lipinski definition) is 4. The molecule has 0 amide bonds. The third kappa shape index (κ3) is 4.75. The third-order valence-corrected chi connectivity index (χ3v) is 8.52. The van der Waals surface area contributed by atoms with Crippen molar-refractivity contribution in [3.63, 3.8) is 0 Å². The van der Waals surface area contributed by atoms with E-state index < -0.39 is 26.1 Å². The van der Waals surface area contributed by atoms with Crippen LogP contribution in [-0.4, -0.2) is 36.6 Å². The molecule has 2 fully saturated rings. The molecule has 0 saturated heterocycles. The van der Waals surface area contributed by atoms with Gasteiger partial charge in [0.25, 0.3) is 0 Å². The lowest BCUT2D eigenvalue weighted by atomic mass is 10.1. The molecule has 0 bridgehead atoms. The van der Waals surface area contributed by atoms with E-state index in [2.05, 4.69) is 10.2 Å². The Morgan fingerprint density at radius 1 is 0.792 bits per heavy atom. The highest BCUT2D eigenvalue weighted by Crippen LogP contribution is 2.66. The molecule has 0 spiro atoms. The summed E-state index contributed by atoms with van der Waals surface area (Å²) in [7, 11) is -9.59. The van der Waals surface area contributed by atoms with Crippen LogP contribution in [0.3, 0.4) is 0 Å². The van der Waals surface area contributed by atoms with Gasteiger partial charge in [0.15, 0.2) is 5.28 Å². The predicted molar refractivity (Wildman–Crippen MR) is 90.0 cm³/mol. The van der Waals surface area contributed by atoms with E-state index in [9.17, 15) is 28.7 Å². The monoisotopic (exact) mass is 382 g/mol. The number of hydrogen-bond donors (Lipinski definition) is 4. The van der Waals surface area contributed by atoms with Crippen molar-refractivity contribution in [2.45, 2.75) is 87.6 Å². The Bertz CT molecular complexity index is 537. The average Bonchev–Trinajstić information content (AvgIpc) is 2.85. The summed E-state index contributed by atoms with van der Waals surface area (Å²) in [6.45, 7) is 0. The molecule has 2 saturated carbocycles. The maximum atomic E-state index is 12.3. The highest BCUT2D eigenvalue weighted by molar-refractivity contribution is 7.58. The first-order valence-corrected chi connectivity index (χ1v) is 12.0. The van der Waals surface area contributed by atoms with E-state index in [1.807, 2.05) is 0 Å². The Labute approximate surface area is 142 Å². The lowest BCUT2D eigenvalue weighted by molar-refractivity contribution is 0.278. The predicted octanol–water partition coefficient (Wildman–Crippen LogP) is 3.55. The molecular weight excluding hydrogens is 354 g/mol. The van der Waals surface area contributed by atoms with Crippen LogP contribution in [0.1, 0.15) is 70.6 Å². The van der Waals surface area contributed by atoms with Crippen LogP contribution in [-0.2, 0) is 9.13 Å². The van der Waals surface area contributed by atoms with Crippen molar-refractivity contribution in [1.82, 2.24) is 0 Å². The minimum atomic E-state index is -4.88. The fourth-order valence-corrected chi connectivity index (χ4v) is 7.08. The van der Waals surface area contributed by atoms with Crippen molar-refractivity contribution in [2.24, 2.45) is 10.2 Å². The highest BCUT2D eigenvalue weighted by Gasteiger charge is 2.59. The Balaban J connectivity index is 2.39. The maximum Gasteiger partial charge on any atom is 0.355 e. The Kier molecular flexibility index (Phi) is 6.79. The van der Waals surface area contributed by atoms with Crippen molar-refractivity contribution in [1.29, 1.82) is 0 Å². The van der Waals surface area contributed by atoms with E-state index in [1.54, 1.807) is 0 Å². The van der Waals surface area contributed by atoms with Gasteiger partial charge in [0, 0.05) is 0 Å². The Morgan fingerprint density at radius 2 is 1.33 bits per heavy atom. The molecule has 4 N–H and O–H groups in total. The van der Waals surface area contributed by atoms with Crippen LogP contribution in [0.4, 0.5) is 0 Å². The molecule has 2 rings (SSSR count). The van der Waals surface area contributed by atoms with Crippen molar-refractivity contribution >= 4 is 15.2 Å². The second kappa shape index (κ2) is 8.07. The first-order valence-electron chi connectivity index (χ1n) is 8.70. The summed E-state index contributed by atoms with van der Waals surface area (Å²) in [4.78, 5) is 39.3. The molecule has 10 heteroatoms. The zero-order valence-corrected chi connectivity index (χ0v) is 15.6. The molecule has 2 unspecified atom stereocenters. The highest BCUT2D eigenvalue weighted by atomic mass is 31.2. The van der Waals surface area contributed by atoms with E-state index in [0.717, 1.165) is 38.5 Å². The van der Waals surface area contributed by atoms with Gasteiger partial charge >= 0.3 is 15.2 Å². The molecule has 0 aliphatic heterocycles. The minimum absolute atomic E-state index is 0.0384. The summed E-state index contributed by atoms with van der Waals surface area (Å²) in [5.74, 6) is 0. The largest absolute Gasteiger partial charge is 0.355 e. The van der Waals surface area contributed by atoms with Crippen LogP contribution >= 0.6 is 15.2 Å². The maximum absolute atomic E-state index is 12.3. The smallest absolute Gasteiger partial charge is 0.324 e. The zero-order chi connectivity index (χ0) is 17.8. The van der Waals surface area contributed by atoms with Gasteiger partial charge in [-0.3, -0.25) is 9.13 Å². The average molecular weight is 382 g/mol. The summed E-state index contributed by atoms with van der Waals surface area (Å²) >= 11 is 0. The summed E-state index contributed by atoms with van der Waals surface area (Å²) in [6.07, 6.45) is 7.52. The van der Waals surface area contributed by atoms with Crippen molar-refractivity contribution in [2.75, 3.05) is 0 Å². The third-order valence-electron chi connectivity index (χ3n) is 5.19. The van der Waals surface area contributed by atoms with Crippen LogP contribution in [0.5, 0.6) is 0 Å². The van der Waals surface area contributed by atoms with E-state index >= 15 is 0 Å². The Hall–Kier alpha value is -0.100. The van der Waals surface area contributed by atoms with Gasteiger partial charge < -0.3 is 19.6 Å². The quantitative estimate of drug-likeness (QED) is 0.333. The molecule has 0 aromatic heterocycles. The standard InChI is InChI=1S/C14H28N2O6P2/c17-23(18,19)13-10-6-3-7-11-14(13,24(20,21)22)16-15-12-8-4-1-2-5-9-12/h12-13H,1-11H2,(H2,17,18,19)(H2,20,21,22). The van der Waals surface area contributed by atoms with E-state index in [4.69, 9.17) is 0 Å². The molecule has 140 valence electrons. The fraction of sp³-hybridized carbons (Fsp3) is 1.00. The lowest BCUT2D eigenvalue weighted by Gasteiger charge is -2.35. The normalized spacial score (nSPS) is 31.8. The molecule has 0 aromatic rings. The van der Waals surface area contributed by atoms with Gasteiger partial charge in [-0.25, -0.2) is 0 Å². The van der Waals surface area contributed by atoms with Crippen LogP contribution in [0.15, 0.2) is 10.2 Å². The van der Waals surface area contributed by atoms with Crippen LogP contribution in [0, 0.1) is 0 Å². The zero-order valence-electron chi connectivity index (χ0n) is 13.8. The van der Waals surface area contributed by atoms with Gasteiger partial charge in [-0.1, -0.05) is 44.9 Å². The van der Waals surface area contributed by atoms with Crippen molar-refractivity contribution in [3.05, 3.63) is 0 Å². The topological polar surface area (TPSA) is 140 Å². The molecule has 0 radical (unpaired) electrons. The van der Waals surface area contributed by atoms with Crippen LogP contribution in [0.2, 0.25) is 0 Å². The molecular formula is C14H28N2O6P2. The van der Waals surface area contributed by atoms with Gasteiger partial charge in [-0.05, 0) is 25.7 Å². The van der Waals surface area contributed by atoms with Crippen molar-refractivity contribution < 1.29 is 28.7 Å². The summed E-state index contributed by atoms with van der Waals surface area (Å²) in [6, 6.07) is -0.114. The molecule has 0 heterocycles. The van der Waals surface area contributed by atoms with E-state index in [1.165, 1.54) is 0 Å². The van der Waals surface area contributed by atoms with Gasteiger partial charge in [0.2, 0.25) is 0 Å². The lowest BCUT2D eigenvalue weighted by Crippen LogP contribution is -2.39. The molecule has 2 aliphatic rings. The van der Waals surface area contributed by atoms with E-state index in [-0.39, 0.29) is 18.9 Å². The van der Waals surface area contributed by atoms with Gasteiger partial charge in [-0.15, -0.1) is 0 Å². The molecule has 2 atom stereocenters. The molecule has 24 heavy (non-hydrogen) atoms. The first kappa shape index (κ1) is 20.2.